The predicted octanol–water partition coefficient (Wildman–Crippen LogP) is 3.72. The highest BCUT2D eigenvalue weighted by Crippen LogP contribution is 2.33. The van der Waals surface area contributed by atoms with Gasteiger partial charge in [-0.1, -0.05) is 43.0 Å². The van der Waals surface area contributed by atoms with E-state index in [1.165, 1.54) is 32.1 Å². The molecule has 0 bridgehead atoms. The minimum atomic E-state index is 0.134. The lowest BCUT2D eigenvalue weighted by Crippen LogP contribution is -2.59. The molecule has 1 aliphatic heterocycles. The van der Waals surface area contributed by atoms with Gasteiger partial charge < -0.3 is 10.1 Å². The summed E-state index contributed by atoms with van der Waals surface area (Å²) in [5.41, 5.74) is 1.29. The maximum absolute atomic E-state index is 12.4. The third-order valence-electron chi connectivity index (χ3n) is 5.47. The Balaban J connectivity index is 1.46. The molecule has 4 nitrogen and oxygen atoms in total. The van der Waals surface area contributed by atoms with Crippen molar-refractivity contribution in [2.24, 2.45) is 0 Å². The molecule has 0 aromatic heterocycles. The van der Waals surface area contributed by atoms with E-state index in [0.29, 0.717) is 5.75 Å². The Hall–Kier alpha value is -0.750. The van der Waals surface area contributed by atoms with Crippen LogP contribution in [-0.4, -0.2) is 54.9 Å². The minimum Gasteiger partial charge on any atom is -0.379 e. The number of carbonyl (C=O) groups excluding carboxylic acids is 1. The highest BCUT2D eigenvalue weighted by molar-refractivity contribution is 7.99. The molecule has 0 spiro atoms. The first-order valence-corrected chi connectivity index (χ1v) is 11.1. The summed E-state index contributed by atoms with van der Waals surface area (Å²) < 4.78 is 5.52. The first-order chi connectivity index (χ1) is 12.7. The predicted molar refractivity (Wildman–Crippen MR) is 109 cm³/mol. The van der Waals surface area contributed by atoms with E-state index in [-0.39, 0.29) is 11.4 Å². The highest BCUT2D eigenvalue weighted by Gasteiger charge is 2.38. The molecule has 3 rings (SSSR count). The zero-order chi connectivity index (χ0) is 18.2. The second-order valence-corrected chi connectivity index (χ2v) is 8.71. The highest BCUT2D eigenvalue weighted by atomic mass is 35.5. The Labute approximate surface area is 166 Å². The zero-order valence-electron chi connectivity index (χ0n) is 15.3. The van der Waals surface area contributed by atoms with Gasteiger partial charge in [-0.05, 0) is 30.5 Å². The fourth-order valence-electron chi connectivity index (χ4n) is 4.05. The van der Waals surface area contributed by atoms with Crippen molar-refractivity contribution in [1.29, 1.82) is 0 Å². The SMILES string of the molecule is O=C(CSCc1cccc(Cl)c1)NCC1(N2CCOCC2)CCCCC1. The van der Waals surface area contributed by atoms with Crippen molar-refractivity contribution in [3.8, 4) is 0 Å². The van der Waals surface area contributed by atoms with E-state index < -0.39 is 0 Å². The van der Waals surface area contributed by atoms with Crippen LogP contribution in [0.3, 0.4) is 0 Å². The molecule has 1 aromatic carbocycles. The second-order valence-electron chi connectivity index (χ2n) is 7.28. The van der Waals surface area contributed by atoms with Gasteiger partial charge >= 0.3 is 0 Å². The van der Waals surface area contributed by atoms with E-state index in [1.54, 1.807) is 11.8 Å². The fourth-order valence-corrected chi connectivity index (χ4v) is 5.07. The van der Waals surface area contributed by atoms with Crippen molar-refractivity contribution in [2.75, 3.05) is 38.6 Å². The maximum Gasteiger partial charge on any atom is 0.230 e. The molecule has 144 valence electrons. The number of rotatable bonds is 7. The van der Waals surface area contributed by atoms with Crippen molar-refractivity contribution in [1.82, 2.24) is 10.2 Å². The lowest BCUT2D eigenvalue weighted by Gasteiger charge is -2.48. The number of ether oxygens (including phenoxy) is 1. The number of nitrogens with zero attached hydrogens (tertiary/aromatic N) is 1. The molecule has 1 heterocycles. The van der Waals surface area contributed by atoms with E-state index in [4.69, 9.17) is 16.3 Å². The van der Waals surface area contributed by atoms with E-state index in [9.17, 15) is 4.79 Å². The molecule has 1 amide bonds. The van der Waals surface area contributed by atoms with Crippen molar-refractivity contribution < 1.29 is 9.53 Å². The molecule has 0 radical (unpaired) electrons. The number of hydrogen-bond donors (Lipinski definition) is 1. The van der Waals surface area contributed by atoms with Crippen molar-refractivity contribution in [3.05, 3.63) is 34.9 Å². The number of carbonyl (C=O) groups is 1. The third kappa shape index (κ3) is 5.62. The average Bonchev–Trinajstić information content (AvgIpc) is 2.68. The normalized spacial score (nSPS) is 20.7. The molecule has 1 aromatic rings. The van der Waals surface area contributed by atoms with Crippen LogP contribution in [-0.2, 0) is 15.3 Å². The monoisotopic (exact) mass is 396 g/mol. The number of thioether (sulfide) groups is 1. The van der Waals surface area contributed by atoms with E-state index >= 15 is 0 Å². The molecule has 2 aliphatic rings. The maximum atomic E-state index is 12.4. The molecule has 0 atom stereocenters. The minimum absolute atomic E-state index is 0.134. The quantitative estimate of drug-likeness (QED) is 0.762. The first-order valence-electron chi connectivity index (χ1n) is 9.60. The van der Waals surface area contributed by atoms with Crippen LogP contribution in [0.25, 0.3) is 0 Å². The fraction of sp³-hybridized carbons (Fsp3) is 0.650. The van der Waals surface area contributed by atoms with Crippen LogP contribution in [0.1, 0.15) is 37.7 Å². The largest absolute Gasteiger partial charge is 0.379 e. The molecule has 0 unspecified atom stereocenters. The number of morpholine rings is 1. The van der Waals surface area contributed by atoms with Gasteiger partial charge in [0.25, 0.3) is 0 Å². The average molecular weight is 397 g/mol. The van der Waals surface area contributed by atoms with Gasteiger partial charge in [0, 0.05) is 35.9 Å². The number of halogens is 1. The van der Waals surface area contributed by atoms with Crippen molar-refractivity contribution in [2.45, 2.75) is 43.4 Å². The van der Waals surface area contributed by atoms with Crippen LogP contribution in [0.5, 0.6) is 0 Å². The van der Waals surface area contributed by atoms with Gasteiger partial charge in [-0.15, -0.1) is 11.8 Å². The van der Waals surface area contributed by atoms with Crippen molar-refractivity contribution in [3.63, 3.8) is 0 Å². The molecule has 1 N–H and O–H groups in total. The van der Waals surface area contributed by atoms with Crippen LogP contribution in [0.2, 0.25) is 5.02 Å². The van der Waals surface area contributed by atoms with Gasteiger partial charge in [0.05, 0.1) is 19.0 Å². The first kappa shape index (κ1) is 20.0. The Morgan fingerprint density at radius 3 is 2.73 bits per heavy atom. The van der Waals surface area contributed by atoms with Gasteiger partial charge in [0.1, 0.15) is 0 Å². The lowest BCUT2D eigenvalue weighted by atomic mass is 9.79. The Bertz CT molecular complexity index is 587. The summed E-state index contributed by atoms with van der Waals surface area (Å²) in [6.45, 7) is 4.36. The topological polar surface area (TPSA) is 41.6 Å². The van der Waals surface area contributed by atoms with Gasteiger partial charge in [-0.2, -0.15) is 0 Å². The van der Waals surface area contributed by atoms with E-state index in [0.717, 1.165) is 49.2 Å². The summed E-state index contributed by atoms with van der Waals surface area (Å²) in [5, 5.41) is 3.97. The Morgan fingerprint density at radius 2 is 2.00 bits per heavy atom. The van der Waals surface area contributed by atoms with Crippen LogP contribution in [0.15, 0.2) is 24.3 Å². The van der Waals surface area contributed by atoms with Crippen LogP contribution < -0.4 is 5.32 Å². The number of hydrogen-bond acceptors (Lipinski definition) is 4. The van der Waals surface area contributed by atoms with Crippen molar-refractivity contribution >= 4 is 29.3 Å². The Morgan fingerprint density at radius 1 is 1.23 bits per heavy atom. The van der Waals surface area contributed by atoms with Gasteiger partial charge in [-0.25, -0.2) is 0 Å². The van der Waals surface area contributed by atoms with E-state index in [2.05, 4.69) is 10.2 Å². The molecule has 26 heavy (non-hydrogen) atoms. The summed E-state index contributed by atoms with van der Waals surface area (Å²) in [6.07, 6.45) is 6.20. The lowest BCUT2D eigenvalue weighted by molar-refractivity contribution is -0.119. The van der Waals surface area contributed by atoms with Crippen LogP contribution in [0.4, 0.5) is 0 Å². The number of amides is 1. The summed E-state index contributed by atoms with van der Waals surface area (Å²) in [4.78, 5) is 14.9. The molecule has 1 aliphatic carbocycles. The van der Waals surface area contributed by atoms with Gasteiger partial charge in [-0.3, -0.25) is 9.69 Å². The smallest absolute Gasteiger partial charge is 0.230 e. The second kappa shape index (κ2) is 9.98. The standard InChI is InChI=1S/C20H29ClN2O2S/c21-18-6-4-5-17(13-18)14-26-15-19(24)22-16-20(7-2-1-3-8-20)23-9-11-25-12-10-23/h4-6,13H,1-3,7-12,14-16H2,(H,22,24). The van der Waals surface area contributed by atoms with Crippen LogP contribution >= 0.6 is 23.4 Å². The molecular formula is C20H29ClN2O2S. The number of nitrogens with one attached hydrogen (secondary N) is 1. The molecule has 6 heteroatoms. The molecule has 1 saturated heterocycles. The van der Waals surface area contributed by atoms with Gasteiger partial charge in [0.15, 0.2) is 0 Å². The summed E-state index contributed by atoms with van der Waals surface area (Å²) in [6, 6.07) is 7.83. The molecule has 1 saturated carbocycles. The summed E-state index contributed by atoms with van der Waals surface area (Å²) >= 11 is 7.65. The van der Waals surface area contributed by atoms with Crippen LogP contribution in [0, 0.1) is 0 Å². The van der Waals surface area contributed by atoms with E-state index in [1.807, 2.05) is 24.3 Å². The number of benzene rings is 1. The molecule has 2 fully saturated rings. The summed E-state index contributed by atoms with van der Waals surface area (Å²) in [5.74, 6) is 1.43. The molecular weight excluding hydrogens is 368 g/mol. The third-order valence-corrected chi connectivity index (χ3v) is 6.71. The zero-order valence-corrected chi connectivity index (χ0v) is 16.9. The Kier molecular flexibility index (Phi) is 7.67. The van der Waals surface area contributed by atoms with Gasteiger partial charge in [0.2, 0.25) is 5.91 Å². The summed E-state index contributed by atoms with van der Waals surface area (Å²) in [7, 11) is 0.